The lowest BCUT2D eigenvalue weighted by atomic mass is 10.1. The van der Waals surface area contributed by atoms with Crippen LogP contribution in [0.2, 0.25) is 0 Å². The Morgan fingerprint density at radius 1 is 1.47 bits per heavy atom. The maximum absolute atomic E-state index is 12.8. The van der Waals surface area contributed by atoms with Gasteiger partial charge in [0.2, 0.25) is 0 Å². The Balaban J connectivity index is 2.22. The minimum atomic E-state index is -1.11. The van der Waals surface area contributed by atoms with Crippen LogP contribution in [-0.2, 0) is 9.53 Å². The van der Waals surface area contributed by atoms with Crippen molar-refractivity contribution < 1.29 is 23.8 Å². The lowest BCUT2D eigenvalue weighted by Gasteiger charge is -2.19. The van der Waals surface area contributed by atoms with Crippen molar-refractivity contribution in [3.05, 3.63) is 35.6 Å². The Bertz CT molecular complexity index is 445. The van der Waals surface area contributed by atoms with Crippen molar-refractivity contribution in [3.8, 4) is 0 Å². The summed E-state index contributed by atoms with van der Waals surface area (Å²) in [5.74, 6) is -1.50. The molecule has 6 heteroatoms. The fourth-order valence-corrected chi connectivity index (χ4v) is 1.73. The molecule has 1 fully saturated rings. The molecule has 1 N–H and O–H groups in total. The van der Waals surface area contributed by atoms with Crippen LogP contribution in [0.25, 0.3) is 0 Å². The molecule has 0 spiro atoms. The van der Waals surface area contributed by atoms with Gasteiger partial charge in [0.05, 0.1) is 6.04 Å². The molecule has 0 radical (unpaired) electrons. The average molecular weight is 239 g/mol. The van der Waals surface area contributed by atoms with E-state index < -0.39 is 24.6 Å². The van der Waals surface area contributed by atoms with Gasteiger partial charge in [0.25, 0.3) is 0 Å². The molecule has 1 aliphatic heterocycles. The largest absolute Gasteiger partial charge is 0.480 e. The van der Waals surface area contributed by atoms with Gasteiger partial charge in [0, 0.05) is 0 Å². The smallest absolute Gasteiger partial charge is 0.411 e. The van der Waals surface area contributed by atoms with Crippen LogP contribution in [0.3, 0.4) is 0 Å². The zero-order valence-electron chi connectivity index (χ0n) is 8.80. The van der Waals surface area contributed by atoms with Gasteiger partial charge in [-0.15, -0.1) is 0 Å². The normalized spacial score (nSPS) is 19.2. The highest BCUT2D eigenvalue weighted by molar-refractivity contribution is 5.78. The van der Waals surface area contributed by atoms with Crippen LogP contribution in [0.1, 0.15) is 11.6 Å². The van der Waals surface area contributed by atoms with Crippen molar-refractivity contribution in [2.45, 2.75) is 6.04 Å². The van der Waals surface area contributed by atoms with Gasteiger partial charge in [-0.05, 0) is 17.7 Å². The third kappa shape index (κ3) is 2.35. The number of cyclic esters (lactones) is 1. The molecule has 0 bridgehead atoms. The number of halogens is 1. The second-order valence-electron chi connectivity index (χ2n) is 3.67. The third-order valence-corrected chi connectivity index (χ3v) is 2.54. The summed E-state index contributed by atoms with van der Waals surface area (Å²) in [6.07, 6.45) is -0.665. The van der Waals surface area contributed by atoms with Crippen molar-refractivity contribution in [3.63, 3.8) is 0 Å². The van der Waals surface area contributed by atoms with E-state index in [2.05, 4.69) is 0 Å². The van der Waals surface area contributed by atoms with E-state index in [4.69, 9.17) is 9.84 Å². The number of carbonyl (C=O) groups excluding carboxylic acids is 1. The topological polar surface area (TPSA) is 66.8 Å². The van der Waals surface area contributed by atoms with Crippen molar-refractivity contribution >= 4 is 12.1 Å². The molecule has 2 rings (SSSR count). The van der Waals surface area contributed by atoms with Crippen molar-refractivity contribution in [2.24, 2.45) is 0 Å². The van der Waals surface area contributed by atoms with Crippen LogP contribution < -0.4 is 0 Å². The maximum atomic E-state index is 12.8. The number of nitrogens with zero attached hydrogens (tertiary/aromatic N) is 1. The monoisotopic (exact) mass is 239 g/mol. The Hall–Kier alpha value is -2.11. The maximum Gasteiger partial charge on any atom is 0.411 e. The van der Waals surface area contributed by atoms with Gasteiger partial charge in [0.1, 0.15) is 19.0 Å². The van der Waals surface area contributed by atoms with Crippen LogP contribution in [0.4, 0.5) is 9.18 Å². The molecule has 1 heterocycles. The number of hydrogen-bond donors (Lipinski definition) is 1. The van der Waals surface area contributed by atoms with E-state index in [1.165, 1.54) is 24.3 Å². The third-order valence-electron chi connectivity index (χ3n) is 2.54. The number of aliphatic carboxylic acids is 1. The highest BCUT2D eigenvalue weighted by atomic mass is 19.1. The number of carboxylic acid groups (broad SMARTS) is 1. The van der Waals surface area contributed by atoms with Crippen molar-refractivity contribution in [1.82, 2.24) is 4.90 Å². The van der Waals surface area contributed by atoms with E-state index >= 15 is 0 Å². The van der Waals surface area contributed by atoms with E-state index in [0.717, 1.165) is 4.90 Å². The number of carbonyl (C=O) groups is 2. The summed E-state index contributed by atoms with van der Waals surface area (Å²) in [5, 5.41) is 8.69. The van der Waals surface area contributed by atoms with E-state index in [9.17, 15) is 14.0 Å². The molecule has 1 amide bonds. The fraction of sp³-hybridized carbons (Fsp3) is 0.273. The molecule has 1 aromatic carbocycles. The molecule has 5 nitrogen and oxygen atoms in total. The first-order chi connectivity index (χ1) is 8.08. The van der Waals surface area contributed by atoms with Crippen LogP contribution in [0.15, 0.2) is 24.3 Å². The molecule has 1 aliphatic rings. The summed E-state index contributed by atoms with van der Waals surface area (Å²) < 4.78 is 17.5. The summed E-state index contributed by atoms with van der Waals surface area (Å²) in [6.45, 7) is -0.349. The first-order valence-corrected chi connectivity index (χ1v) is 4.98. The average Bonchev–Trinajstić information content (AvgIpc) is 2.61. The van der Waals surface area contributed by atoms with Gasteiger partial charge in [-0.25, -0.2) is 9.18 Å². The SMILES string of the molecule is O=C(O)CN1C(=O)OCC1c1ccc(F)cc1. The first-order valence-electron chi connectivity index (χ1n) is 4.98. The number of hydrogen-bond acceptors (Lipinski definition) is 3. The standard InChI is InChI=1S/C11H10FNO4/c12-8-3-1-7(2-4-8)9-6-17-11(16)13(9)5-10(14)15/h1-4,9H,5-6H2,(H,14,15). The number of rotatable bonds is 3. The molecule has 0 aromatic heterocycles. The van der Waals surface area contributed by atoms with Crippen LogP contribution in [-0.4, -0.2) is 35.2 Å². The minimum absolute atomic E-state index is 0.0811. The molecule has 0 saturated carbocycles. The number of amides is 1. The van der Waals surface area contributed by atoms with Gasteiger partial charge < -0.3 is 9.84 Å². The molecule has 17 heavy (non-hydrogen) atoms. The van der Waals surface area contributed by atoms with Crippen LogP contribution in [0.5, 0.6) is 0 Å². The van der Waals surface area contributed by atoms with Crippen molar-refractivity contribution in [2.75, 3.05) is 13.2 Å². The number of carboxylic acids is 1. The number of ether oxygens (including phenoxy) is 1. The lowest BCUT2D eigenvalue weighted by Crippen LogP contribution is -2.32. The number of benzene rings is 1. The van der Waals surface area contributed by atoms with E-state index in [1.54, 1.807) is 0 Å². The highest BCUT2D eigenvalue weighted by Crippen LogP contribution is 2.27. The molecule has 1 unspecified atom stereocenters. The molecule has 0 aliphatic carbocycles. The lowest BCUT2D eigenvalue weighted by molar-refractivity contribution is -0.137. The Kier molecular flexibility index (Phi) is 2.95. The van der Waals surface area contributed by atoms with E-state index in [-0.39, 0.29) is 12.4 Å². The summed E-state index contributed by atoms with van der Waals surface area (Å²) in [5.41, 5.74) is 0.651. The zero-order chi connectivity index (χ0) is 12.4. The highest BCUT2D eigenvalue weighted by Gasteiger charge is 2.35. The second-order valence-corrected chi connectivity index (χ2v) is 3.67. The molecular formula is C11H10FNO4. The first kappa shape index (κ1) is 11.4. The Labute approximate surface area is 96.4 Å². The Morgan fingerprint density at radius 2 is 2.12 bits per heavy atom. The van der Waals surface area contributed by atoms with Gasteiger partial charge in [-0.1, -0.05) is 12.1 Å². The Morgan fingerprint density at radius 3 is 2.71 bits per heavy atom. The van der Waals surface area contributed by atoms with Gasteiger partial charge >= 0.3 is 12.1 Å². The quantitative estimate of drug-likeness (QED) is 0.865. The summed E-state index contributed by atoms with van der Waals surface area (Å²) in [4.78, 5) is 23.1. The molecule has 1 saturated heterocycles. The fourth-order valence-electron chi connectivity index (χ4n) is 1.73. The van der Waals surface area contributed by atoms with Crippen molar-refractivity contribution in [1.29, 1.82) is 0 Å². The second kappa shape index (κ2) is 4.40. The van der Waals surface area contributed by atoms with Gasteiger partial charge in [-0.3, -0.25) is 9.69 Å². The molecule has 90 valence electrons. The molecular weight excluding hydrogens is 229 g/mol. The van der Waals surface area contributed by atoms with Crippen LogP contribution in [0, 0.1) is 5.82 Å². The summed E-state index contributed by atoms with van der Waals surface area (Å²) in [7, 11) is 0. The molecule has 1 atom stereocenters. The summed E-state index contributed by atoms with van der Waals surface area (Å²) in [6, 6.07) is 5.07. The predicted octanol–water partition coefficient (Wildman–Crippen LogP) is 1.40. The van der Waals surface area contributed by atoms with Gasteiger partial charge in [0.15, 0.2) is 0 Å². The predicted molar refractivity (Wildman–Crippen MR) is 54.8 cm³/mol. The van der Waals surface area contributed by atoms with E-state index in [1.807, 2.05) is 0 Å². The van der Waals surface area contributed by atoms with E-state index in [0.29, 0.717) is 5.56 Å². The molecule has 1 aromatic rings. The zero-order valence-corrected chi connectivity index (χ0v) is 8.80. The summed E-state index contributed by atoms with van der Waals surface area (Å²) >= 11 is 0. The minimum Gasteiger partial charge on any atom is -0.480 e. The van der Waals surface area contributed by atoms with Gasteiger partial charge in [-0.2, -0.15) is 0 Å². The van der Waals surface area contributed by atoms with Crippen LogP contribution >= 0.6 is 0 Å².